The van der Waals surface area contributed by atoms with Gasteiger partial charge in [0, 0.05) is 34.7 Å². The van der Waals surface area contributed by atoms with Crippen LogP contribution in [0.1, 0.15) is 94.4 Å². The SMILES string of the molecule is CCCc1ccnc(-n2c3ccccc3c3ccc(Oc4cc(-n5nc(CCC)c(-c6c(C)cccc6C)c5CCC)cc(C(C)(C)C)c4)cc32)c1. The Morgan fingerprint density at radius 1 is 0.654 bits per heavy atom. The molecule has 0 fully saturated rings. The summed E-state index contributed by atoms with van der Waals surface area (Å²) < 4.78 is 11.4. The van der Waals surface area contributed by atoms with E-state index in [1.165, 1.54) is 55.5 Å². The number of fused-ring (bicyclic) bond motifs is 3. The van der Waals surface area contributed by atoms with Crippen molar-refractivity contribution in [1.82, 2.24) is 19.3 Å². The first-order valence-corrected chi connectivity index (χ1v) is 19.1. The monoisotopic (exact) mass is 688 g/mol. The van der Waals surface area contributed by atoms with Gasteiger partial charge in [-0.25, -0.2) is 9.67 Å². The van der Waals surface area contributed by atoms with Crippen molar-refractivity contribution in [3.8, 4) is 34.1 Å². The summed E-state index contributed by atoms with van der Waals surface area (Å²) in [6.45, 7) is 18.0. The van der Waals surface area contributed by atoms with Gasteiger partial charge < -0.3 is 4.74 Å². The zero-order chi connectivity index (χ0) is 36.6. The highest BCUT2D eigenvalue weighted by atomic mass is 16.5. The van der Waals surface area contributed by atoms with E-state index in [1.54, 1.807) is 0 Å². The number of ether oxygens (including phenoxy) is 1. The minimum absolute atomic E-state index is 0.0978. The first kappa shape index (κ1) is 35.3. The maximum atomic E-state index is 6.87. The highest BCUT2D eigenvalue weighted by Crippen LogP contribution is 2.39. The summed E-state index contributed by atoms with van der Waals surface area (Å²) in [6, 6.07) is 32.7. The molecule has 7 rings (SSSR count). The van der Waals surface area contributed by atoms with E-state index in [-0.39, 0.29) is 5.41 Å². The summed E-state index contributed by atoms with van der Waals surface area (Å²) in [5.41, 5.74) is 13.3. The van der Waals surface area contributed by atoms with Crippen LogP contribution in [0.15, 0.2) is 97.2 Å². The Labute approximate surface area is 309 Å². The van der Waals surface area contributed by atoms with Crippen molar-refractivity contribution in [1.29, 1.82) is 0 Å². The van der Waals surface area contributed by atoms with Crippen LogP contribution in [-0.2, 0) is 24.7 Å². The molecule has 7 aromatic rings. The summed E-state index contributed by atoms with van der Waals surface area (Å²) >= 11 is 0. The number of aryl methyl sites for hydroxylation is 4. The van der Waals surface area contributed by atoms with Crippen molar-refractivity contribution in [2.45, 2.75) is 99.3 Å². The fourth-order valence-electron chi connectivity index (χ4n) is 7.72. The van der Waals surface area contributed by atoms with Crippen molar-refractivity contribution >= 4 is 21.8 Å². The zero-order valence-corrected chi connectivity index (χ0v) is 32.2. The molecule has 5 nitrogen and oxygen atoms in total. The van der Waals surface area contributed by atoms with E-state index in [0.29, 0.717) is 0 Å². The van der Waals surface area contributed by atoms with Crippen LogP contribution in [0, 0.1) is 13.8 Å². The van der Waals surface area contributed by atoms with Gasteiger partial charge in [0.2, 0.25) is 0 Å². The summed E-state index contributed by atoms with van der Waals surface area (Å²) in [5.74, 6) is 2.52. The van der Waals surface area contributed by atoms with Crippen LogP contribution in [0.2, 0.25) is 0 Å². The Morgan fingerprint density at radius 2 is 1.38 bits per heavy atom. The van der Waals surface area contributed by atoms with Crippen LogP contribution in [0.25, 0.3) is 44.4 Å². The number of aromatic nitrogens is 4. The Balaban J connectivity index is 1.38. The third kappa shape index (κ3) is 6.65. The quantitative estimate of drug-likeness (QED) is 0.136. The molecule has 0 atom stereocenters. The number of rotatable bonds is 11. The first-order valence-electron chi connectivity index (χ1n) is 19.1. The molecule has 3 aromatic heterocycles. The average molecular weight is 689 g/mol. The van der Waals surface area contributed by atoms with E-state index < -0.39 is 0 Å². The van der Waals surface area contributed by atoms with Gasteiger partial charge in [0.25, 0.3) is 0 Å². The van der Waals surface area contributed by atoms with Gasteiger partial charge in [-0.05, 0) is 109 Å². The number of hydrogen-bond donors (Lipinski definition) is 0. The summed E-state index contributed by atoms with van der Waals surface area (Å²) in [7, 11) is 0. The molecular formula is C47H52N4O. The normalized spacial score (nSPS) is 11.9. The standard InChI is InChI=1S/C47H52N4O/c1-9-15-33-24-25-48-44(26-33)50-41-21-13-12-20-38(41)39-23-22-36(30-43(39)50)52-37-28-34(47(6,7)8)27-35(29-37)51-42(17-11-3)46(40(49-51)16-10-2)45-31(4)18-14-19-32(45)5/h12-14,18-30H,9-11,15-17H2,1-8H3. The van der Waals surface area contributed by atoms with Gasteiger partial charge in [-0.1, -0.05) is 97.2 Å². The van der Waals surface area contributed by atoms with E-state index in [2.05, 4.69) is 156 Å². The third-order valence-corrected chi connectivity index (χ3v) is 10.2. The van der Waals surface area contributed by atoms with Gasteiger partial charge in [-0.15, -0.1) is 0 Å². The number of hydrogen-bond acceptors (Lipinski definition) is 3. The molecule has 3 heterocycles. The second kappa shape index (κ2) is 14.5. The van der Waals surface area contributed by atoms with Gasteiger partial charge in [0.05, 0.1) is 28.1 Å². The van der Waals surface area contributed by atoms with Gasteiger partial charge in [0.1, 0.15) is 17.3 Å². The molecule has 0 unspecified atom stereocenters. The molecule has 0 radical (unpaired) electrons. The number of para-hydroxylation sites is 1. The van der Waals surface area contributed by atoms with E-state index >= 15 is 0 Å². The van der Waals surface area contributed by atoms with Gasteiger partial charge in [0.15, 0.2) is 0 Å². The lowest BCUT2D eigenvalue weighted by atomic mass is 9.86. The van der Waals surface area contributed by atoms with Gasteiger partial charge in [-0.3, -0.25) is 4.57 Å². The minimum Gasteiger partial charge on any atom is -0.457 e. The van der Waals surface area contributed by atoms with Crippen LogP contribution in [-0.4, -0.2) is 19.3 Å². The molecule has 0 saturated heterocycles. The van der Waals surface area contributed by atoms with Crippen molar-refractivity contribution < 1.29 is 4.74 Å². The lowest BCUT2D eigenvalue weighted by molar-refractivity contribution is 0.478. The van der Waals surface area contributed by atoms with E-state index in [4.69, 9.17) is 14.8 Å². The van der Waals surface area contributed by atoms with Crippen molar-refractivity contribution in [2.24, 2.45) is 0 Å². The maximum Gasteiger partial charge on any atom is 0.137 e. The van der Waals surface area contributed by atoms with Crippen LogP contribution >= 0.6 is 0 Å². The Kier molecular flexibility index (Phi) is 9.80. The topological polar surface area (TPSA) is 44.9 Å². The number of nitrogens with zero attached hydrogens (tertiary/aromatic N) is 4. The molecule has 0 aliphatic heterocycles. The molecule has 0 aliphatic carbocycles. The fraction of sp³-hybridized carbons (Fsp3) is 0.319. The predicted octanol–water partition coefficient (Wildman–Crippen LogP) is 12.6. The smallest absolute Gasteiger partial charge is 0.137 e. The maximum absolute atomic E-state index is 6.87. The highest BCUT2D eigenvalue weighted by molar-refractivity contribution is 6.09. The minimum atomic E-state index is -0.0978. The van der Waals surface area contributed by atoms with Crippen LogP contribution in [0.3, 0.4) is 0 Å². The first-order chi connectivity index (χ1) is 25.1. The van der Waals surface area contributed by atoms with Crippen molar-refractivity contribution in [3.63, 3.8) is 0 Å². The van der Waals surface area contributed by atoms with Crippen LogP contribution < -0.4 is 4.74 Å². The average Bonchev–Trinajstić information content (AvgIpc) is 3.63. The third-order valence-electron chi connectivity index (χ3n) is 10.2. The second-order valence-corrected chi connectivity index (χ2v) is 15.3. The lowest BCUT2D eigenvalue weighted by Crippen LogP contribution is -2.13. The zero-order valence-electron chi connectivity index (χ0n) is 32.2. The molecule has 4 aromatic carbocycles. The summed E-state index contributed by atoms with van der Waals surface area (Å²) in [5, 5.41) is 7.78. The molecular weight excluding hydrogens is 637 g/mol. The van der Waals surface area contributed by atoms with E-state index in [0.717, 1.165) is 72.6 Å². The summed E-state index contributed by atoms with van der Waals surface area (Å²) in [6.07, 6.45) is 7.98. The predicted molar refractivity (Wildman–Crippen MR) is 218 cm³/mol. The van der Waals surface area contributed by atoms with Crippen molar-refractivity contribution in [2.75, 3.05) is 0 Å². The van der Waals surface area contributed by atoms with E-state index in [9.17, 15) is 0 Å². The second-order valence-electron chi connectivity index (χ2n) is 15.3. The Morgan fingerprint density at radius 3 is 2.12 bits per heavy atom. The Bertz CT molecular complexity index is 2370. The molecule has 0 aliphatic rings. The lowest BCUT2D eigenvalue weighted by Gasteiger charge is -2.22. The van der Waals surface area contributed by atoms with Gasteiger partial charge in [-0.2, -0.15) is 5.10 Å². The molecule has 0 spiro atoms. The number of benzene rings is 4. The molecule has 0 saturated carbocycles. The van der Waals surface area contributed by atoms with Crippen molar-refractivity contribution in [3.05, 3.63) is 131 Å². The van der Waals surface area contributed by atoms with E-state index in [1.807, 2.05) is 6.20 Å². The Hall–Kier alpha value is -5.16. The molecule has 5 heteroatoms. The largest absolute Gasteiger partial charge is 0.457 e. The summed E-state index contributed by atoms with van der Waals surface area (Å²) in [4.78, 5) is 4.85. The molecule has 266 valence electrons. The molecule has 0 bridgehead atoms. The highest BCUT2D eigenvalue weighted by Gasteiger charge is 2.24. The number of pyridine rings is 1. The van der Waals surface area contributed by atoms with Crippen LogP contribution in [0.5, 0.6) is 11.5 Å². The van der Waals surface area contributed by atoms with Crippen LogP contribution in [0.4, 0.5) is 0 Å². The molecule has 0 amide bonds. The van der Waals surface area contributed by atoms with Gasteiger partial charge >= 0.3 is 0 Å². The molecule has 0 N–H and O–H groups in total. The fourth-order valence-corrected chi connectivity index (χ4v) is 7.72. The molecule has 52 heavy (non-hydrogen) atoms.